The molecule has 2 fully saturated rings. The van der Waals surface area contributed by atoms with E-state index in [2.05, 4.69) is 10.6 Å². The van der Waals surface area contributed by atoms with Gasteiger partial charge in [-0.1, -0.05) is 0 Å². The molecule has 4 rings (SSSR count). The number of hydrogen-bond acceptors (Lipinski definition) is 5. The predicted molar refractivity (Wildman–Crippen MR) is 90.4 cm³/mol. The van der Waals surface area contributed by atoms with E-state index in [1.54, 1.807) is 6.07 Å². The van der Waals surface area contributed by atoms with Crippen molar-refractivity contribution in [1.29, 1.82) is 0 Å². The van der Waals surface area contributed by atoms with Gasteiger partial charge in [-0.05, 0) is 31.0 Å². The van der Waals surface area contributed by atoms with Gasteiger partial charge in [0.1, 0.15) is 0 Å². The smallest absolute Gasteiger partial charge is 0.251 e. The van der Waals surface area contributed by atoms with Crippen molar-refractivity contribution in [2.24, 2.45) is 0 Å². The number of benzene rings is 1. The third-order valence-electron chi connectivity index (χ3n) is 4.77. The van der Waals surface area contributed by atoms with Gasteiger partial charge in [0.2, 0.25) is 5.91 Å². The summed E-state index contributed by atoms with van der Waals surface area (Å²) in [5.41, 5.74) is 1.06. The highest BCUT2D eigenvalue weighted by molar-refractivity contribution is 8.00. The summed E-state index contributed by atoms with van der Waals surface area (Å²) in [7, 11) is 0. The molecule has 0 saturated carbocycles. The van der Waals surface area contributed by atoms with Crippen LogP contribution in [0.1, 0.15) is 29.6 Å². The van der Waals surface area contributed by atoms with Gasteiger partial charge < -0.3 is 20.1 Å². The molecule has 2 N–H and O–H groups in total. The lowest BCUT2D eigenvalue weighted by molar-refractivity contribution is -0.113. The number of anilines is 1. The zero-order valence-electron chi connectivity index (χ0n) is 13.3. The van der Waals surface area contributed by atoms with Crippen LogP contribution in [0, 0.1) is 0 Å². The molecule has 24 heavy (non-hydrogen) atoms. The average molecular weight is 348 g/mol. The number of thioether (sulfide) groups is 1. The SMILES string of the molecule is O=C1CSc2ccc(C(=O)NC3CCOC4(CCOC4)C3)cc2N1. The van der Waals surface area contributed by atoms with Gasteiger partial charge >= 0.3 is 0 Å². The number of ether oxygens (including phenoxy) is 2. The number of carbonyl (C=O) groups is 2. The highest BCUT2D eigenvalue weighted by atomic mass is 32.2. The predicted octanol–water partition coefficient (Wildman–Crippen LogP) is 1.80. The largest absolute Gasteiger partial charge is 0.378 e. The lowest BCUT2D eigenvalue weighted by Crippen LogP contribution is -2.49. The molecule has 2 atom stereocenters. The highest BCUT2D eigenvalue weighted by Gasteiger charge is 2.41. The molecule has 0 bridgehead atoms. The summed E-state index contributed by atoms with van der Waals surface area (Å²) < 4.78 is 11.4. The summed E-state index contributed by atoms with van der Waals surface area (Å²) in [6.07, 6.45) is 2.49. The van der Waals surface area contributed by atoms with Crippen LogP contribution in [-0.2, 0) is 14.3 Å². The fourth-order valence-electron chi connectivity index (χ4n) is 3.51. The number of amides is 2. The van der Waals surface area contributed by atoms with Crippen LogP contribution >= 0.6 is 11.8 Å². The van der Waals surface area contributed by atoms with Crippen molar-refractivity contribution in [2.45, 2.75) is 35.8 Å². The van der Waals surface area contributed by atoms with Crippen molar-refractivity contribution in [2.75, 3.05) is 30.9 Å². The van der Waals surface area contributed by atoms with Crippen molar-refractivity contribution in [3.8, 4) is 0 Å². The van der Waals surface area contributed by atoms with Gasteiger partial charge in [0.25, 0.3) is 5.91 Å². The van der Waals surface area contributed by atoms with E-state index < -0.39 is 0 Å². The van der Waals surface area contributed by atoms with Crippen LogP contribution in [0.4, 0.5) is 5.69 Å². The molecule has 3 aliphatic heterocycles. The molecule has 2 unspecified atom stereocenters. The van der Waals surface area contributed by atoms with Gasteiger partial charge in [-0.3, -0.25) is 9.59 Å². The Balaban J connectivity index is 1.44. The fourth-order valence-corrected chi connectivity index (χ4v) is 4.30. The Hall–Kier alpha value is -1.57. The van der Waals surface area contributed by atoms with Gasteiger partial charge in [-0.2, -0.15) is 0 Å². The maximum Gasteiger partial charge on any atom is 0.251 e. The van der Waals surface area contributed by atoms with E-state index in [1.807, 2.05) is 12.1 Å². The highest BCUT2D eigenvalue weighted by Crippen LogP contribution is 2.34. The van der Waals surface area contributed by atoms with Crippen molar-refractivity contribution in [1.82, 2.24) is 5.32 Å². The molecule has 1 aromatic rings. The van der Waals surface area contributed by atoms with E-state index >= 15 is 0 Å². The standard InChI is InChI=1S/C17H20N2O4S/c20-15-9-24-14-2-1-11(7-13(14)19-15)16(21)18-12-3-5-23-17(8-12)4-6-22-10-17/h1-2,7,12H,3-6,8-10H2,(H,18,21)(H,19,20). The van der Waals surface area contributed by atoms with Crippen LogP contribution in [0.15, 0.2) is 23.1 Å². The molecular weight excluding hydrogens is 328 g/mol. The first kappa shape index (κ1) is 15.9. The normalized spacial score (nSPS) is 29.2. The zero-order valence-corrected chi connectivity index (χ0v) is 14.1. The van der Waals surface area contributed by atoms with Crippen LogP contribution in [-0.4, -0.2) is 49.0 Å². The van der Waals surface area contributed by atoms with Crippen LogP contribution in [0.3, 0.4) is 0 Å². The second-order valence-electron chi connectivity index (χ2n) is 6.55. The average Bonchev–Trinajstić information content (AvgIpc) is 3.01. The lowest BCUT2D eigenvalue weighted by Gasteiger charge is -2.37. The number of carbonyl (C=O) groups excluding carboxylic acids is 2. The van der Waals surface area contributed by atoms with E-state index in [4.69, 9.17) is 9.47 Å². The van der Waals surface area contributed by atoms with E-state index in [0.717, 1.165) is 36.5 Å². The van der Waals surface area contributed by atoms with E-state index in [-0.39, 0.29) is 23.5 Å². The molecule has 0 radical (unpaired) electrons. The minimum Gasteiger partial charge on any atom is -0.378 e. The third kappa shape index (κ3) is 3.16. The molecule has 6 nitrogen and oxygen atoms in total. The van der Waals surface area contributed by atoms with Gasteiger partial charge in [0, 0.05) is 36.1 Å². The molecule has 3 aliphatic rings. The summed E-state index contributed by atoms with van der Waals surface area (Å²) in [5.74, 6) is 0.284. The fraction of sp³-hybridized carbons (Fsp3) is 0.529. The summed E-state index contributed by atoms with van der Waals surface area (Å²) in [6.45, 7) is 1.98. The Morgan fingerprint density at radius 2 is 2.29 bits per heavy atom. The Labute approximate surface area is 144 Å². The first-order valence-corrected chi connectivity index (χ1v) is 9.21. The van der Waals surface area contributed by atoms with Crippen molar-refractivity contribution < 1.29 is 19.1 Å². The molecule has 1 spiro atoms. The molecule has 128 valence electrons. The Morgan fingerprint density at radius 3 is 3.12 bits per heavy atom. The first-order valence-electron chi connectivity index (χ1n) is 8.23. The second-order valence-corrected chi connectivity index (χ2v) is 7.56. The molecule has 1 aromatic carbocycles. The summed E-state index contributed by atoms with van der Waals surface area (Å²) >= 11 is 1.49. The number of rotatable bonds is 2. The molecule has 0 aromatic heterocycles. The van der Waals surface area contributed by atoms with Gasteiger partial charge in [0.15, 0.2) is 0 Å². The first-order chi connectivity index (χ1) is 11.6. The monoisotopic (exact) mass is 348 g/mol. The molecule has 2 amide bonds. The maximum atomic E-state index is 12.6. The topological polar surface area (TPSA) is 76.7 Å². The third-order valence-corrected chi connectivity index (χ3v) is 5.84. The van der Waals surface area contributed by atoms with E-state index in [0.29, 0.717) is 24.5 Å². The Kier molecular flexibility index (Phi) is 4.24. The summed E-state index contributed by atoms with van der Waals surface area (Å²) in [5, 5.41) is 5.93. The minimum atomic E-state index is -0.226. The summed E-state index contributed by atoms with van der Waals surface area (Å²) in [6, 6.07) is 5.55. The number of nitrogens with one attached hydrogen (secondary N) is 2. The van der Waals surface area contributed by atoms with Crippen LogP contribution in [0.2, 0.25) is 0 Å². The molecule has 2 saturated heterocycles. The number of hydrogen-bond donors (Lipinski definition) is 2. The van der Waals surface area contributed by atoms with Crippen LogP contribution < -0.4 is 10.6 Å². The molecule has 0 aliphatic carbocycles. The van der Waals surface area contributed by atoms with Gasteiger partial charge in [-0.25, -0.2) is 0 Å². The Bertz CT molecular complexity index is 673. The zero-order chi connectivity index (χ0) is 16.6. The minimum absolute atomic E-state index is 0.0299. The van der Waals surface area contributed by atoms with Gasteiger partial charge in [-0.15, -0.1) is 11.8 Å². The summed E-state index contributed by atoms with van der Waals surface area (Å²) in [4.78, 5) is 25.1. The lowest BCUT2D eigenvalue weighted by atomic mass is 9.89. The molecule has 7 heteroatoms. The number of fused-ring (bicyclic) bond motifs is 1. The van der Waals surface area contributed by atoms with E-state index in [1.165, 1.54) is 11.8 Å². The van der Waals surface area contributed by atoms with Crippen molar-refractivity contribution in [3.05, 3.63) is 23.8 Å². The van der Waals surface area contributed by atoms with Crippen molar-refractivity contribution in [3.63, 3.8) is 0 Å². The van der Waals surface area contributed by atoms with Crippen LogP contribution in [0.25, 0.3) is 0 Å². The maximum absolute atomic E-state index is 12.6. The van der Waals surface area contributed by atoms with Crippen LogP contribution in [0.5, 0.6) is 0 Å². The van der Waals surface area contributed by atoms with E-state index in [9.17, 15) is 9.59 Å². The molecular formula is C17H20N2O4S. The van der Waals surface area contributed by atoms with Gasteiger partial charge in [0.05, 0.1) is 23.6 Å². The second kappa shape index (κ2) is 6.38. The quantitative estimate of drug-likeness (QED) is 0.852. The van der Waals surface area contributed by atoms with Crippen molar-refractivity contribution >= 4 is 29.3 Å². The Morgan fingerprint density at radius 1 is 1.38 bits per heavy atom. The molecule has 3 heterocycles.